The van der Waals surface area contributed by atoms with Crippen LogP contribution in [-0.2, 0) is 33.1 Å². The molecule has 0 spiro atoms. The molecule has 11 nitrogen and oxygen atoms in total. The molecule has 0 saturated carbocycles. The summed E-state index contributed by atoms with van der Waals surface area (Å²) in [5.74, 6) is -3.91. The SMILES string of the molecule is CC(C)CCCCCCCCCC[C@@H]1OC(=O)CN(C)C(=O)/C=C/[C@H](CO[Si](C)(C)C(C)(C)C)NC(=O)CNC(=O)C(C)(O)C(=O)[C@@H]1C. The number of amides is 3. The fourth-order valence-electron chi connectivity index (χ4n) is 5.15. The highest BCUT2D eigenvalue weighted by molar-refractivity contribution is 6.74. The Balaban J connectivity index is 3.05. The first kappa shape index (κ1) is 43.4. The molecule has 1 heterocycles. The van der Waals surface area contributed by atoms with Crippen molar-refractivity contribution in [3.8, 4) is 0 Å². The lowest BCUT2D eigenvalue weighted by Crippen LogP contribution is -2.56. The summed E-state index contributed by atoms with van der Waals surface area (Å²) < 4.78 is 12.0. The van der Waals surface area contributed by atoms with E-state index in [4.69, 9.17) is 9.16 Å². The molecular formula is C36H65N3O8Si. The van der Waals surface area contributed by atoms with Crippen LogP contribution in [0.4, 0.5) is 0 Å². The molecule has 0 aromatic heterocycles. The molecule has 1 rings (SSSR count). The van der Waals surface area contributed by atoms with E-state index in [2.05, 4.69) is 58.3 Å². The van der Waals surface area contributed by atoms with Crippen LogP contribution in [0.15, 0.2) is 12.2 Å². The topological polar surface area (TPSA) is 151 Å². The molecule has 3 N–H and O–H groups in total. The molecule has 3 amide bonds. The van der Waals surface area contributed by atoms with Gasteiger partial charge in [0.05, 0.1) is 25.1 Å². The van der Waals surface area contributed by atoms with E-state index in [1.165, 1.54) is 63.1 Å². The van der Waals surface area contributed by atoms with Crippen molar-refractivity contribution in [1.29, 1.82) is 0 Å². The zero-order valence-electron chi connectivity index (χ0n) is 31.4. The molecule has 1 aliphatic rings. The largest absolute Gasteiger partial charge is 0.460 e. The van der Waals surface area contributed by atoms with Crippen LogP contribution >= 0.6 is 0 Å². The number of ketones is 1. The molecule has 0 aliphatic carbocycles. The number of aliphatic hydroxyl groups is 1. The number of cyclic esters (lactones) is 1. The smallest absolute Gasteiger partial charge is 0.325 e. The van der Waals surface area contributed by atoms with Crippen molar-refractivity contribution in [2.45, 2.75) is 149 Å². The highest BCUT2D eigenvalue weighted by atomic mass is 28.4. The lowest BCUT2D eigenvalue weighted by atomic mass is 9.85. The van der Waals surface area contributed by atoms with E-state index in [0.717, 1.165) is 32.1 Å². The highest BCUT2D eigenvalue weighted by Crippen LogP contribution is 2.36. The lowest BCUT2D eigenvalue weighted by Gasteiger charge is -2.37. The number of nitrogens with one attached hydrogen (secondary N) is 2. The summed E-state index contributed by atoms with van der Waals surface area (Å²) >= 11 is 0. The van der Waals surface area contributed by atoms with E-state index in [1.54, 1.807) is 0 Å². The Hall–Kier alpha value is -2.57. The van der Waals surface area contributed by atoms with Crippen LogP contribution in [0.5, 0.6) is 0 Å². The summed E-state index contributed by atoms with van der Waals surface area (Å²) in [6.45, 7) is 16.7. The van der Waals surface area contributed by atoms with E-state index in [-0.39, 0.29) is 18.2 Å². The number of hydrogen-bond donors (Lipinski definition) is 3. The van der Waals surface area contributed by atoms with Gasteiger partial charge in [0.1, 0.15) is 12.6 Å². The van der Waals surface area contributed by atoms with Crippen LogP contribution in [0.25, 0.3) is 0 Å². The number of likely N-dealkylation sites (N-methyl/N-ethyl adjacent to an activating group) is 1. The predicted octanol–water partition coefficient (Wildman–Crippen LogP) is 5.06. The maximum atomic E-state index is 13.5. The molecule has 0 bridgehead atoms. The number of hydrogen-bond acceptors (Lipinski definition) is 8. The number of carbonyl (C=O) groups excluding carboxylic acids is 5. The minimum atomic E-state index is -2.47. The van der Waals surface area contributed by atoms with E-state index in [9.17, 15) is 29.1 Å². The molecule has 4 atom stereocenters. The van der Waals surface area contributed by atoms with Crippen molar-refractivity contribution in [3.05, 3.63) is 12.2 Å². The predicted molar refractivity (Wildman–Crippen MR) is 191 cm³/mol. The van der Waals surface area contributed by atoms with E-state index in [1.807, 2.05) is 0 Å². The fourth-order valence-corrected chi connectivity index (χ4v) is 6.18. The highest BCUT2D eigenvalue weighted by Gasteiger charge is 2.44. The van der Waals surface area contributed by atoms with Crippen molar-refractivity contribution in [1.82, 2.24) is 15.5 Å². The number of unbranched alkanes of at least 4 members (excludes halogenated alkanes) is 7. The minimum absolute atomic E-state index is 0.0827. The lowest BCUT2D eigenvalue weighted by molar-refractivity contribution is -0.162. The molecular weight excluding hydrogens is 630 g/mol. The molecule has 48 heavy (non-hydrogen) atoms. The molecule has 1 unspecified atom stereocenters. The maximum Gasteiger partial charge on any atom is 0.325 e. The van der Waals surface area contributed by atoms with Gasteiger partial charge in [-0.1, -0.05) is 99.0 Å². The first-order valence-corrected chi connectivity index (χ1v) is 20.7. The van der Waals surface area contributed by atoms with Gasteiger partial charge in [-0.3, -0.25) is 24.0 Å². The van der Waals surface area contributed by atoms with E-state index < -0.39 is 68.0 Å². The standard InChI is InChI=1S/C36H65N3O8Si/c1-26(2)19-17-15-13-11-12-14-16-18-20-29-27(3)33(43)36(7,45)34(44)37-23-30(40)38-28(25-46-48(9,10)35(4,5)6)21-22-31(41)39(8)24-32(42)47-29/h21-22,26-29,45H,11-20,23-25H2,1-10H3,(H,37,44)(H,38,40)/b22-21+/t27-,28-,29+,36?/m1/s1. The third-order valence-electron chi connectivity index (χ3n) is 9.60. The number of Topliss-reactive ketones (excluding diaryl/α,β-unsaturated/α-hetero) is 1. The molecule has 12 heteroatoms. The summed E-state index contributed by atoms with van der Waals surface area (Å²) in [5, 5.41) is 16.0. The van der Waals surface area contributed by atoms with Gasteiger partial charge in [-0.25, -0.2) is 0 Å². The monoisotopic (exact) mass is 695 g/mol. The van der Waals surface area contributed by atoms with Gasteiger partial charge in [-0.15, -0.1) is 0 Å². The van der Waals surface area contributed by atoms with Gasteiger partial charge in [-0.2, -0.15) is 0 Å². The second-order valence-electron chi connectivity index (χ2n) is 15.5. The zero-order valence-corrected chi connectivity index (χ0v) is 32.4. The van der Waals surface area contributed by atoms with Gasteiger partial charge in [0, 0.05) is 13.1 Å². The van der Waals surface area contributed by atoms with Gasteiger partial charge in [0.15, 0.2) is 19.7 Å². The normalized spacial score (nSPS) is 25.0. The van der Waals surface area contributed by atoms with Crippen LogP contribution in [0.1, 0.15) is 113 Å². The van der Waals surface area contributed by atoms with Gasteiger partial charge in [0.2, 0.25) is 11.8 Å². The van der Waals surface area contributed by atoms with Crippen LogP contribution in [0, 0.1) is 11.8 Å². The molecule has 0 fully saturated rings. The van der Waals surface area contributed by atoms with Gasteiger partial charge < -0.3 is 29.8 Å². The van der Waals surface area contributed by atoms with Crippen molar-refractivity contribution in [2.75, 3.05) is 26.7 Å². The molecule has 1 aliphatic heterocycles. The van der Waals surface area contributed by atoms with Gasteiger partial charge in [0.25, 0.3) is 5.91 Å². The first-order valence-electron chi connectivity index (χ1n) is 17.8. The van der Waals surface area contributed by atoms with Gasteiger partial charge in [-0.05, 0) is 43.8 Å². The van der Waals surface area contributed by atoms with Crippen LogP contribution in [0.2, 0.25) is 18.1 Å². The Morgan fingerprint density at radius 2 is 1.58 bits per heavy atom. The van der Waals surface area contributed by atoms with Crippen LogP contribution < -0.4 is 10.6 Å². The number of esters is 1. The van der Waals surface area contributed by atoms with Crippen LogP contribution in [0.3, 0.4) is 0 Å². The third kappa shape index (κ3) is 15.3. The Morgan fingerprint density at radius 1 is 1.02 bits per heavy atom. The second kappa shape index (κ2) is 20.2. The fraction of sp³-hybridized carbons (Fsp3) is 0.806. The Bertz CT molecular complexity index is 1100. The van der Waals surface area contributed by atoms with E-state index >= 15 is 0 Å². The average Bonchev–Trinajstić information content (AvgIpc) is 2.99. The van der Waals surface area contributed by atoms with Crippen molar-refractivity contribution >= 4 is 37.8 Å². The van der Waals surface area contributed by atoms with E-state index in [0.29, 0.717) is 12.8 Å². The number of carbonyl (C=O) groups is 5. The van der Waals surface area contributed by atoms with Crippen LogP contribution in [-0.4, -0.2) is 92.3 Å². The number of rotatable bonds is 14. The summed E-state index contributed by atoms with van der Waals surface area (Å²) in [6, 6.07) is -0.722. The summed E-state index contributed by atoms with van der Waals surface area (Å²) in [5.41, 5.74) is -2.47. The Morgan fingerprint density at radius 3 is 2.15 bits per heavy atom. The second-order valence-corrected chi connectivity index (χ2v) is 20.3. The maximum absolute atomic E-state index is 13.5. The molecule has 0 aromatic rings. The third-order valence-corrected chi connectivity index (χ3v) is 14.1. The first-order chi connectivity index (χ1) is 22.2. The number of ether oxygens (including phenoxy) is 1. The zero-order chi connectivity index (χ0) is 36.7. The average molecular weight is 696 g/mol. The molecule has 276 valence electrons. The summed E-state index contributed by atoms with van der Waals surface area (Å²) in [4.78, 5) is 66.5. The van der Waals surface area contributed by atoms with Crippen molar-refractivity contribution in [3.63, 3.8) is 0 Å². The van der Waals surface area contributed by atoms with Crippen molar-refractivity contribution < 1.29 is 38.2 Å². The van der Waals surface area contributed by atoms with Gasteiger partial charge >= 0.3 is 5.97 Å². The summed E-state index contributed by atoms with van der Waals surface area (Å²) in [6.07, 6.45) is 12.0. The minimum Gasteiger partial charge on any atom is -0.460 e. The molecule has 0 radical (unpaired) electrons. The quantitative estimate of drug-likeness (QED) is 0.0988. The molecule has 0 aromatic carbocycles. The Labute approximate surface area is 290 Å². The van der Waals surface area contributed by atoms with Crippen molar-refractivity contribution in [2.24, 2.45) is 11.8 Å². The number of nitrogens with zero attached hydrogens (tertiary/aromatic N) is 1. The summed E-state index contributed by atoms with van der Waals surface area (Å²) in [7, 11) is -0.752. The molecule has 0 saturated heterocycles. The Kier molecular flexibility index (Phi) is 18.3.